The zero-order valence-corrected chi connectivity index (χ0v) is 13.6. The molecule has 0 saturated carbocycles. The van der Waals surface area contributed by atoms with Crippen molar-refractivity contribution in [2.45, 2.75) is 13.3 Å². The number of likely N-dealkylation sites (N-methyl/N-ethyl adjacent to an activating group) is 1. The number of benzene rings is 1. The monoisotopic (exact) mass is 328 g/mol. The molecule has 122 valence electrons. The number of carboxylic acids is 1. The van der Waals surface area contributed by atoms with Crippen molar-refractivity contribution in [3.63, 3.8) is 0 Å². The normalized spacial score (nSPS) is 12.9. The molecular formula is C14H20N2O5S. The lowest BCUT2D eigenvalue weighted by Gasteiger charge is -2.14. The summed E-state index contributed by atoms with van der Waals surface area (Å²) in [6.07, 6.45) is 1.43. The van der Waals surface area contributed by atoms with Crippen molar-refractivity contribution in [3.05, 3.63) is 29.8 Å². The summed E-state index contributed by atoms with van der Waals surface area (Å²) in [4.78, 5) is 22.5. The molecule has 0 aliphatic carbocycles. The van der Waals surface area contributed by atoms with Gasteiger partial charge in [-0.2, -0.15) is 4.31 Å². The van der Waals surface area contributed by atoms with Crippen molar-refractivity contribution >= 4 is 27.6 Å². The van der Waals surface area contributed by atoms with Crippen molar-refractivity contribution in [1.82, 2.24) is 4.31 Å². The third-order valence-electron chi connectivity index (χ3n) is 3.13. The van der Waals surface area contributed by atoms with Gasteiger partial charge in [0.15, 0.2) is 0 Å². The topological polar surface area (TPSA) is 104 Å². The number of nitrogens with zero attached hydrogens (tertiary/aromatic N) is 1. The summed E-state index contributed by atoms with van der Waals surface area (Å²) in [7, 11) is -2.08. The highest BCUT2D eigenvalue weighted by molar-refractivity contribution is 7.88. The smallest absolute Gasteiger partial charge is 0.306 e. The lowest BCUT2D eigenvalue weighted by atomic mass is 10.0. The van der Waals surface area contributed by atoms with Crippen LogP contribution in [0.2, 0.25) is 0 Å². The highest BCUT2D eigenvalue weighted by atomic mass is 32.2. The SMILES string of the molecule is CC(Cc1ccc(NC(=O)CN(C)S(C)(=O)=O)cc1)C(=O)O. The molecule has 0 radical (unpaired) electrons. The van der Waals surface area contributed by atoms with Crippen molar-refractivity contribution in [2.24, 2.45) is 5.92 Å². The van der Waals surface area contributed by atoms with Gasteiger partial charge < -0.3 is 10.4 Å². The Morgan fingerprint density at radius 2 is 1.82 bits per heavy atom. The maximum Gasteiger partial charge on any atom is 0.306 e. The molecule has 8 heteroatoms. The first kappa shape index (κ1) is 18.1. The zero-order chi connectivity index (χ0) is 16.9. The van der Waals surface area contributed by atoms with Gasteiger partial charge in [-0.3, -0.25) is 9.59 Å². The first-order valence-electron chi connectivity index (χ1n) is 6.62. The Balaban J connectivity index is 2.61. The van der Waals surface area contributed by atoms with Crippen LogP contribution in [0.1, 0.15) is 12.5 Å². The van der Waals surface area contributed by atoms with E-state index in [1.807, 2.05) is 0 Å². The Bertz CT molecular complexity index is 640. The van der Waals surface area contributed by atoms with E-state index in [0.717, 1.165) is 16.1 Å². The number of carboxylic acid groups (broad SMARTS) is 1. The molecule has 0 heterocycles. The van der Waals surface area contributed by atoms with Gasteiger partial charge in [0.1, 0.15) is 0 Å². The molecule has 0 aliphatic rings. The molecule has 7 nitrogen and oxygen atoms in total. The first-order chi connectivity index (χ1) is 10.1. The van der Waals surface area contributed by atoms with E-state index in [4.69, 9.17) is 5.11 Å². The summed E-state index contributed by atoms with van der Waals surface area (Å²) in [5.74, 6) is -1.79. The predicted octanol–water partition coefficient (Wildman–Crippen LogP) is 0.780. The summed E-state index contributed by atoms with van der Waals surface area (Å²) in [6.45, 7) is 1.36. The molecule has 1 amide bonds. The fourth-order valence-corrected chi connectivity index (χ4v) is 2.04. The van der Waals surface area contributed by atoms with Gasteiger partial charge in [-0.15, -0.1) is 0 Å². The first-order valence-corrected chi connectivity index (χ1v) is 8.47. The van der Waals surface area contributed by atoms with Crippen LogP contribution in [-0.2, 0) is 26.0 Å². The van der Waals surface area contributed by atoms with Crippen LogP contribution in [0.25, 0.3) is 0 Å². The summed E-state index contributed by atoms with van der Waals surface area (Å²) >= 11 is 0. The van der Waals surface area contributed by atoms with Crippen molar-refractivity contribution in [1.29, 1.82) is 0 Å². The summed E-state index contributed by atoms with van der Waals surface area (Å²) in [5.41, 5.74) is 1.37. The number of anilines is 1. The van der Waals surface area contributed by atoms with E-state index in [1.54, 1.807) is 31.2 Å². The second-order valence-electron chi connectivity index (χ2n) is 5.21. The number of aliphatic carboxylic acids is 1. The van der Waals surface area contributed by atoms with Crippen LogP contribution in [0, 0.1) is 5.92 Å². The molecule has 0 aliphatic heterocycles. The molecule has 1 atom stereocenters. The Kier molecular flexibility index (Phi) is 6.07. The minimum atomic E-state index is -3.40. The number of hydrogen-bond donors (Lipinski definition) is 2. The zero-order valence-electron chi connectivity index (χ0n) is 12.7. The third-order valence-corrected chi connectivity index (χ3v) is 4.39. The number of amides is 1. The lowest BCUT2D eigenvalue weighted by molar-refractivity contribution is -0.141. The van der Waals surface area contributed by atoms with Gasteiger partial charge in [0.05, 0.1) is 18.7 Å². The number of hydrogen-bond acceptors (Lipinski definition) is 4. The molecule has 1 aromatic carbocycles. The van der Waals surface area contributed by atoms with Gasteiger partial charge in [-0.1, -0.05) is 19.1 Å². The maximum absolute atomic E-state index is 11.7. The van der Waals surface area contributed by atoms with E-state index in [2.05, 4.69) is 5.32 Å². The molecule has 1 aromatic rings. The molecule has 0 spiro atoms. The molecular weight excluding hydrogens is 308 g/mol. The number of nitrogens with one attached hydrogen (secondary N) is 1. The number of carbonyl (C=O) groups excluding carboxylic acids is 1. The Labute approximate surface area is 130 Å². The number of sulfonamides is 1. The minimum Gasteiger partial charge on any atom is -0.481 e. The number of carbonyl (C=O) groups is 2. The Morgan fingerprint density at radius 1 is 1.27 bits per heavy atom. The molecule has 0 aromatic heterocycles. The van der Waals surface area contributed by atoms with Gasteiger partial charge in [-0.05, 0) is 24.1 Å². The van der Waals surface area contributed by atoms with Gasteiger partial charge in [0, 0.05) is 12.7 Å². The Hall–Kier alpha value is -1.93. The average Bonchev–Trinajstić information content (AvgIpc) is 2.39. The van der Waals surface area contributed by atoms with Gasteiger partial charge >= 0.3 is 5.97 Å². The predicted molar refractivity (Wildman–Crippen MR) is 83.0 cm³/mol. The second-order valence-corrected chi connectivity index (χ2v) is 7.30. The van der Waals surface area contributed by atoms with Crippen LogP contribution in [-0.4, -0.2) is 49.6 Å². The molecule has 1 unspecified atom stereocenters. The van der Waals surface area contributed by atoms with Gasteiger partial charge in [0.2, 0.25) is 15.9 Å². The van der Waals surface area contributed by atoms with Gasteiger partial charge in [0.25, 0.3) is 0 Å². The van der Waals surface area contributed by atoms with E-state index < -0.39 is 27.8 Å². The molecule has 2 N–H and O–H groups in total. The van der Waals surface area contributed by atoms with Crippen LogP contribution in [0.5, 0.6) is 0 Å². The van der Waals surface area contributed by atoms with Crippen molar-refractivity contribution in [2.75, 3.05) is 25.2 Å². The standard InChI is InChI=1S/C14H20N2O5S/c1-10(14(18)19)8-11-4-6-12(7-5-11)15-13(17)9-16(2)22(3,20)21/h4-7,10H,8-9H2,1-3H3,(H,15,17)(H,18,19). The van der Waals surface area contributed by atoms with Gasteiger partial charge in [-0.25, -0.2) is 8.42 Å². The third kappa shape index (κ3) is 5.82. The summed E-state index contributed by atoms with van der Waals surface area (Å²) < 4.78 is 23.4. The molecule has 22 heavy (non-hydrogen) atoms. The Morgan fingerprint density at radius 3 is 2.27 bits per heavy atom. The van der Waals surface area contributed by atoms with E-state index >= 15 is 0 Å². The van der Waals surface area contributed by atoms with E-state index in [-0.39, 0.29) is 6.54 Å². The highest BCUT2D eigenvalue weighted by Gasteiger charge is 2.15. The van der Waals surface area contributed by atoms with Crippen LogP contribution >= 0.6 is 0 Å². The summed E-state index contributed by atoms with van der Waals surface area (Å²) in [5, 5.41) is 11.4. The molecule has 0 fully saturated rings. The highest BCUT2D eigenvalue weighted by Crippen LogP contribution is 2.13. The quantitative estimate of drug-likeness (QED) is 0.770. The maximum atomic E-state index is 11.7. The van der Waals surface area contributed by atoms with Crippen molar-refractivity contribution < 1.29 is 23.1 Å². The molecule has 1 rings (SSSR count). The van der Waals surface area contributed by atoms with Crippen LogP contribution in [0.3, 0.4) is 0 Å². The van der Waals surface area contributed by atoms with E-state index in [0.29, 0.717) is 12.1 Å². The summed E-state index contributed by atoms with van der Waals surface area (Å²) in [6, 6.07) is 6.77. The largest absolute Gasteiger partial charge is 0.481 e. The van der Waals surface area contributed by atoms with Crippen molar-refractivity contribution in [3.8, 4) is 0 Å². The van der Waals surface area contributed by atoms with Crippen LogP contribution in [0.4, 0.5) is 5.69 Å². The molecule has 0 bridgehead atoms. The minimum absolute atomic E-state index is 0.267. The van der Waals surface area contributed by atoms with E-state index in [9.17, 15) is 18.0 Å². The van der Waals surface area contributed by atoms with Crippen LogP contribution in [0.15, 0.2) is 24.3 Å². The average molecular weight is 328 g/mol. The fraction of sp³-hybridized carbons (Fsp3) is 0.429. The lowest BCUT2D eigenvalue weighted by Crippen LogP contribution is -2.34. The van der Waals surface area contributed by atoms with Crippen LogP contribution < -0.4 is 5.32 Å². The van der Waals surface area contributed by atoms with E-state index in [1.165, 1.54) is 7.05 Å². The molecule has 0 saturated heterocycles. The second kappa shape index (κ2) is 7.37. The number of rotatable bonds is 7. The fourth-order valence-electron chi connectivity index (χ4n) is 1.69.